The van der Waals surface area contributed by atoms with Crippen LogP contribution in [0.2, 0.25) is 0 Å². The molecule has 1 N–H and O–H groups in total. The van der Waals surface area contributed by atoms with Gasteiger partial charge >= 0.3 is 0 Å². The highest BCUT2D eigenvalue weighted by Gasteiger charge is 2.27. The quantitative estimate of drug-likeness (QED) is 0.838. The maximum Gasteiger partial charge on any atom is 0.0590 e. The normalized spacial score (nSPS) is 23.5. The third-order valence-corrected chi connectivity index (χ3v) is 3.60. The third-order valence-electron chi connectivity index (χ3n) is 3.60. The average molecular weight is 219 g/mol. The van der Waals surface area contributed by atoms with Gasteiger partial charge in [-0.2, -0.15) is 0 Å². The highest BCUT2D eigenvalue weighted by atomic mass is 16.3. The average Bonchev–Trinajstić information content (AvgIpc) is 2.74. The smallest absolute Gasteiger partial charge is 0.0590 e. The Bertz CT molecular complexity index is 312. The van der Waals surface area contributed by atoms with Gasteiger partial charge in [-0.3, -0.25) is 4.90 Å². The van der Waals surface area contributed by atoms with Crippen molar-refractivity contribution in [3.63, 3.8) is 0 Å². The van der Waals surface area contributed by atoms with E-state index in [1.807, 2.05) is 6.07 Å². The van der Waals surface area contributed by atoms with Gasteiger partial charge in [0, 0.05) is 12.1 Å². The largest absolute Gasteiger partial charge is 0.395 e. The molecule has 2 rings (SSSR count). The molecule has 2 nitrogen and oxygen atoms in total. The lowest BCUT2D eigenvalue weighted by Gasteiger charge is -2.30. The van der Waals surface area contributed by atoms with Gasteiger partial charge in [0.25, 0.3) is 0 Å². The van der Waals surface area contributed by atoms with Gasteiger partial charge in [-0.25, -0.2) is 0 Å². The molecule has 16 heavy (non-hydrogen) atoms. The molecule has 2 unspecified atom stereocenters. The number of hydrogen-bond acceptors (Lipinski definition) is 2. The minimum absolute atomic E-state index is 0.263. The second-order valence-electron chi connectivity index (χ2n) is 4.76. The van der Waals surface area contributed by atoms with E-state index in [0.29, 0.717) is 12.1 Å². The first kappa shape index (κ1) is 11.6. The zero-order valence-electron chi connectivity index (χ0n) is 9.97. The molecule has 1 aliphatic rings. The summed E-state index contributed by atoms with van der Waals surface area (Å²) in [6, 6.07) is 11.4. The molecule has 1 fully saturated rings. The van der Waals surface area contributed by atoms with Gasteiger partial charge in [0.05, 0.1) is 6.61 Å². The summed E-state index contributed by atoms with van der Waals surface area (Å²) in [5.41, 5.74) is 1.32. The van der Waals surface area contributed by atoms with Crippen molar-refractivity contribution in [2.45, 2.75) is 38.3 Å². The lowest BCUT2D eigenvalue weighted by molar-refractivity contribution is 0.117. The molecule has 0 spiro atoms. The maximum absolute atomic E-state index is 9.52. The van der Waals surface area contributed by atoms with Crippen LogP contribution < -0.4 is 0 Å². The van der Waals surface area contributed by atoms with E-state index in [0.717, 1.165) is 13.0 Å². The summed E-state index contributed by atoms with van der Waals surface area (Å²) in [6.45, 7) is 3.67. The summed E-state index contributed by atoms with van der Waals surface area (Å²) in [6.07, 6.45) is 3.50. The number of benzene rings is 1. The van der Waals surface area contributed by atoms with Gasteiger partial charge in [0.15, 0.2) is 0 Å². The van der Waals surface area contributed by atoms with Gasteiger partial charge in [-0.1, -0.05) is 30.3 Å². The van der Waals surface area contributed by atoms with Crippen molar-refractivity contribution < 1.29 is 5.11 Å². The zero-order chi connectivity index (χ0) is 11.4. The van der Waals surface area contributed by atoms with Gasteiger partial charge in [0.2, 0.25) is 0 Å². The highest BCUT2D eigenvalue weighted by molar-refractivity contribution is 5.16. The molecule has 1 saturated heterocycles. The van der Waals surface area contributed by atoms with Crippen LogP contribution in [0.1, 0.15) is 25.3 Å². The number of nitrogens with zero attached hydrogens (tertiary/aromatic N) is 1. The molecule has 1 aliphatic heterocycles. The van der Waals surface area contributed by atoms with E-state index in [1.165, 1.54) is 18.4 Å². The monoisotopic (exact) mass is 219 g/mol. The Labute approximate surface area is 97.9 Å². The van der Waals surface area contributed by atoms with E-state index < -0.39 is 0 Å². The van der Waals surface area contributed by atoms with Crippen molar-refractivity contribution in [2.24, 2.45) is 0 Å². The molecule has 1 heterocycles. The van der Waals surface area contributed by atoms with Gasteiger partial charge in [-0.15, -0.1) is 0 Å². The highest BCUT2D eigenvalue weighted by Crippen LogP contribution is 2.21. The van der Waals surface area contributed by atoms with Crippen molar-refractivity contribution in [1.29, 1.82) is 0 Å². The van der Waals surface area contributed by atoms with Crippen LogP contribution in [-0.4, -0.2) is 35.2 Å². The predicted octanol–water partition coefficient (Wildman–Crippen LogP) is 2.07. The van der Waals surface area contributed by atoms with E-state index in [9.17, 15) is 5.11 Å². The van der Waals surface area contributed by atoms with E-state index in [4.69, 9.17) is 0 Å². The molecule has 2 heteroatoms. The van der Waals surface area contributed by atoms with Gasteiger partial charge in [0.1, 0.15) is 0 Å². The molecule has 88 valence electrons. The van der Waals surface area contributed by atoms with Crippen LogP contribution in [0.3, 0.4) is 0 Å². The molecule has 0 aliphatic carbocycles. The van der Waals surface area contributed by atoms with Crippen molar-refractivity contribution in [3.05, 3.63) is 35.9 Å². The van der Waals surface area contributed by atoms with Crippen molar-refractivity contribution in [2.75, 3.05) is 13.2 Å². The summed E-state index contributed by atoms with van der Waals surface area (Å²) >= 11 is 0. The summed E-state index contributed by atoms with van der Waals surface area (Å²) in [4.78, 5) is 2.45. The molecule has 0 amide bonds. The number of rotatable bonds is 4. The fourth-order valence-electron chi connectivity index (χ4n) is 2.67. The first-order valence-electron chi connectivity index (χ1n) is 6.22. The number of hydrogen-bond donors (Lipinski definition) is 1. The first-order valence-corrected chi connectivity index (χ1v) is 6.22. The van der Waals surface area contributed by atoms with Crippen molar-refractivity contribution in [3.8, 4) is 0 Å². The van der Waals surface area contributed by atoms with E-state index in [1.54, 1.807) is 0 Å². The lowest BCUT2D eigenvalue weighted by atomic mass is 10.0. The van der Waals surface area contributed by atoms with Crippen LogP contribution in [0.15, 0.2) is 30.3 Å². The van der Waals surface area contributed by atoms with Crippen molar-refractivity contribution in [1.82, 2.24) is 4.90 Å². The first-order chi connectivity index (χ1) is 7.81. The lowest BCUT2D eigenvalue weighted by Crippen LogP contribution is -2.41. The summed E-state index contributed by atoms with van der Waals surface area (Å²) in [7, 11) is 0. The van der Waals surface area contributed by atoms with Crippen LogP contribution in [0.25, 0.3) is 0 Å². The summed E-state index contributed by atoms with van der Waals surface area (Å²) < 4.78 is 0. The Kier molecular flexibility index (Phi) is 3.97. The van der Waals surface area contributed by atoms with Crippen LogP contribution in [0.4, 0.5) is 0 Å². The molecule has 1 aromatic carbocycles. The fourth-order valence-corrected chi connectivity index (χ4v) is 2.67. The minimum atomic E-state index is 0.263. The van der Waals surface area contributed by atoms with E-state index >= 15 is 0 Å². The molecule has 0 saturated carbocycles. The van der Waals surface area contributed by atoms with Gasteiger partial charge < -0.3 is 5.11 Å². The minimum Gasteiger partial charge on any atom is -0.395 e. The number of aliphatic hydroxyl groups is 1. The van der Waals surface area contributed by atoms with Crippen LogP contribution in [0, 0.1) is 0 Å². The van der Waals surface area contributed by atoms with E-state index in [-0.39, 0.29) is 6.61 Å². The number of aliphatic hydroxyl groups excluding tert-OH is 1. The molecular weight excluding hydrogens is 198 g/mol. The second kappa shape index (κ2) is 5.46. The molecule has 0 bridgehead atoms. The molecule has 1 aromatic rings. The molecule has 0 aromatic heterocycles. The molecular formula is C14H21NO. The zero-order valence-corrected chi connectivity index (χ0v) is 9.97. The Hall–Kier alpha value is -0.860. The van der Waals surface area contributed by atoms with Crippen molar-refractivity contribution >= 4 is 0 Å². The standard InChI is InChI=1S/C14H21NO/c1-12-6-5-9-15(12)14(11-16)10-13-7-3-2-4-8-13/h2-4,7-8,12,14,16H,5-6,9-11H2,1H3. The third kappa shape index (κ3) is 2.63. The predicted molar refractivity (Wildman–Crippen MR) is 66.4 cm³/mol. The van der Waals surface area contributed by atoms with Crippen LogP contribution in [-0.2, 0) is 6.42 Å². The molecule has 2 atom stereocenters. The topological polar surface area (TPSA) is 23.5 Å². The maximum atomic E-state index is 9.52. The second-order valence-corrected chi connectivity index (χ2v) is 4.76. The fraction of sp³-hybridized carbons (Fsp3) is 0.571. The summed E-state index contributed by atoms with van der Waals surface area (Å²) in [5, 5.41) is 9.52. The Balaban J connectivity index is 2.00. The Morgan fingerprint density at radius 3 is 2.69 bits per heavy atom. The van der Waals surface area contributed by atoms with E-state index in [2.05, 4.69) is 36.1 Å². The Morgan fingerprint density at radius 1 is 1.38 bits per heavy atom. The van der Waals surface area contributed by atoms with Crippen LogP contribution >= 0.6 is 0 Å². The summed E-state index contributed by atoms with van der Waals surface area (Å²) in [5.74, 6) is 0. The van der Waals surface area contributed by atoms with Crippen LogP contribution in [0.5, 0.6) is 0 Å². The molecule has 0 radical (unpaired) electrons. The van der Waals surface area contributed by atoms with Gasteiger partial charge in [-0.05, 0) is 38.3 Å². The number of likely N-dealkylation sites (tertiary alicyclic amines) is 1. The SMILES string of the molecule is CC1CCCN1C(CO)Cc1ccccc1. The Morgan fingerprint density at radius 2 is 2.12 bits per heavy atom.